The van der Waals surface area contributed by atoms with Crippen molar-refractivity contribution in [3.63, 3.8) is 0 Å². The van der Waals surface area contributed by atoms with Crippen molar-refractivity contribution in [1.82, 2.24) is 9.97 Å². The van der Waals surface area contributed by atoms with Crippen molar-refractivity contribution in [2.75, 3.05) is 0 Å². The number of carbonyl (C=O) groups is 2. The third kappa shape index (κ3) is 6.34. The molecule has 0 saturated carbocycles. The average Bonchev–Trinajstić information content (AvgIpc) is 3.06. The largest absolute Gasteiger partial charge is 0.478 e. The number of guanidine groups is 1. The van der Waals surface area contributed by atoms with Crippen molar-refractivity contribution in [3.8, 4) is 11.3 Å². The quantitative estimate of drug-likeness (QED) is 0.314. The molecule has 116 valence electrons. The highest BCUT2D eigenvalue weighted by atomic mass is 32.1. The first-order valence-electron chi connectivity index (χ1n) is 5.70. The van der Waals surface area contributed by atoms with Gasteiger partial charge in [0, 0.05) is 35.5 Å². The summed E-state index contributed by atoms with van der Waals surface area (Å²) in [5.74, 6) is -2.49. The summed E-state index contributed by atoms with van der Waals surface area (Å²) >= 11 is 1.40. The van der Waals surface area contributed by atoms with Crippen molar-refractivity contribution >= 4 is 34.4 Å². The van der Waals surface area contributed by atoms with Gasteiger partial charge < -0.3 is 26.7 Å². The summed E-state index contributed by atoms with van der Waals surface area (Å²) in [7, 11) is 0. The van der Waals surface area contributed by atoms with Crippen LogP contribution in [0.15, 0.2) is 41.0 Å². The molecule has 2 aromatic rings. The number of thiazole rings is 1. The predicted octanol–water partition coefficient (Wildman–Crippen LogP) is 0.755. The number of hydrogen-bond donors (Lipinski definition) is 5. The number of carboxylic acids is 2. The second-order valence-electron chi connectivity index (χ2n) is 3.66. The first-order valence-corrected chi connectivity index (χ1v) is 6.58. The topological polar surface area (TPSA) is 168 Å². The maximum Gasteiger partial charge on any atom is 0.328 e. The van der Waals surface area contributed by atoms with E-state index >= 15 is 0 Å². The van der Waals surface area contributed by atoms with Crippen LogP contribution in [0, 0.1) is 0 Å². The number of hydrogen-bond acceptors (Lipinski definition) is 5. The zero-order valence-electron chi connectivity index (χ0n) is 11.1. The highest BCUT2D eigenvalue weighted by Crippen LogP contribution is 2.25. The molecule has 2 rings (SSSR count). The summed E-state index contributed by atoms with van der Waals surface area (Å²) in [5.41, 5.74) is 12.4. The van der Waals surface area contributed by atoms with E-state index in [0.717, 1.165) is 11.3 Å². The fourth-order valence-electron chi connectivity index (χ4n) is 1.18. The first kappa shape index (κ1) is 16.9. The standard InChI is InChI=1S/C8H9N5S.C4H4O4/c9-7(10)13-8-12-6(4-14-8)5-1-2-11-3-5;5-3(6)1-2-4(7)8/h1-4,11H,(H4,9,10,12,13);1-2H,(H,5,6)(H,7,8)/b;2-1-. The van der Waals surface area contributed by atoms with E-state index in [1.165, 1.54) is 11.3 Å². The molecule has 7 N–H and O–H groups in total. The van der Waals surface area contributed by atoms with Gasteiger partial charge in [-0.2, -0.15) is 4.99 Å². The molecule has 0 spiro atoms. The lowest BCUT2D eigenvalue weighted by Crippen LogP contribution is -2.21. The van der Waals surface area contributed by atoms with Crippen molar-refractivity contribution < 1.29 is 19.8 Å². The molecule has 0 aliphatic heterocycles. The molecule has 0 radical (unpaired) electrons. The number of nitrogens with zero attached hydrogens (tertiary/aromatic N) is 2. The highest BCUT2D eigenvalue weighted by molar-refractivity contribution is 7.13. The summed E-state index contributed by atoms with van der Waals surface area (Å²) in [6.07, 6.45) is 4.83. The van der Waals surface area contributed by atoms with Gasteiger partial charge in [0.05, 0.1) is 5.69 Å². The first-order chi connectivity index (χ1) is 10.4. The van der Waals surface area contributed by atoms with Gasteiger partial charge in [0.2, 0.25) is 5.13 Å². The zero-order valence-corrected chi connectivity index (χ0v) is 11.9. The Hall–Kier alpha value is -3.14. The molecule has 0 unspecified atom stereocenters. The summed E-state index contributed by atoms with van der Waals surface area (Å²) < 4.78 is 0. The lowest BCUT2D eigenvalue weighted by atomic mass is 10.3. The van der Waals surface area contributed by atoms with Crippen LogP contribution >= 0.6 is 11.3 Å². The predicted molar refractivity (Wildman–Crippen MR) is 81.8 cm³/mol. The van der Waals surface area contributed by atoms with E-state index in [9.17, 15) is 9.59 Å². The van der Waals surface area contributed by atoms with Gasteiger partial charge in [-0.25, -0.2) is 14.6 Å². The lowest BCUT2D eigenvalue weighted by Gasteiger charge is -1.87. The minimum atomic E-state index is -1.26. The Labute approximate surface area is 128 Å². The van der Waals surface area contributed by atoms with E-state index in [2.05, 4.69) is 15.0 Å². The summed E-state index contributed by atoms with van der Waals surface area (Å²) in [6.45, 7) is 0. The number of nitrogens with two attached hydrogens (primary N) is 2. The Balaban J connectivity index is 0.000000261. The third-order valence-corrected chi connectivity index (χ3v) is 2.71. The van der Waals surface area contributed by atoms with E-state index in [1.54, 1.807) is 0 Å². The van der Waals surface area contributed by atoms with E-state index in [-0.39, 0.29) is 5.96 Å². The van der Waals surface area contributed by atoms with E-state index in [4.69, 9.17) is 21.7 Å². The zero-order chi connectivity index (χ0) is 16.5. The van der Waals surface area contributed by atoms with Gasteiger partial charge in [0.15, 0.2) is 5.96 Å². The third-order valence-electron chi connectivity index (χ3n) is 1.98. The Morgan fingerprint density at radius 3 is 2.36 bits per heavy atom. The van der Waals surface area contributed by atoms with Crippen LogP contribution in [0.25, 0.3) is 11.3 Å². The summed E-state index contributed by atoms with van der Waals surface area (Å²) in [6, 6.07) is 1.94. The van der Waals surface area contributed by atoms with Crippen molar-refractivity contribution in [2.24, 2.45) is 16.5 Å². The molecule has 0 aromatic carbocycles. The number of carboxylic acid groups (broad SMARTS) is 2. The van der Waals surface area contributed by atoms with Crippen molar-refractivity contribution in [1.29, 1.82) is 0 Å². The number of nitrogens with one attached hydrogen (secondary N) is 1. The second kappa shape index (κ2) is 8.21. The van der Waals surface area contributed by atoms with Gasteiger partial charge in [0.1, 0.15) is 0 Å². The van der Waals surface area contributed by atoms with Gasteiger partial charge >= 0.3 is 11.9 Å². The molecule has 2 heterocycles. The molecule has 2 aromatic heterocycles. The number of aliphatic carboxylic acids is 2. The number of aromatic amines is 1. The Morgan fingerprint density at radius 2 is 1.91 bits per heavy atom. The summed E-state index contributed by atoms with van der Waals surface area (Å²) in [4.78, 5) is 30.2. The molecule has 0 aliphatic rings. The van der Waals surface area contributed by atoms with Gasteiger partial charge in [-0.05, 0) is 6.07 Å². The molecule has 9 nitrogen and oxygen atoms in total. The number of H-pyrrole nitrogens is 1. The van der Waals surface area contributed by atoms with E-state index in [1.807, 2.05) is 23.8 Å². The number of rotatable bonds is 4. The van der Waals surface area contributed by atoms with Crippen LogP contribution in [0.1, 0.15) is 0 Å². The second-order valence-corrected chi connectivity index (χ2v) is 4.50. The Bertz CT molecular complexity index is 670. The van der Waals surface area contributed by atoms with E-state index in [0.29, 0.717) is 17.3 Å². The van der Waals surface area contributed by atoms with Crippen LogP contribution < -0.4 is 11.5 Å². The minimum Gasteiger partial charge on any atom is -0.478 e. The Morgan fingerprint density at radius 1 is 1.27 bits per heavy atom. The normalized spacial score (nSPS) is 9.82. The molecule has 22 heavy (non-hydrogen) atoms. The smallest absolute Gasteiger partial charge is 0.328 e. The number of aliphatic imine (C=N–C) groups is 1. The average molecular weight is 323 g/mol. The molecule has 0 aliphatic carbocycles. The fraction of sp³-hybridized carbons (Fsp3) is 0. The van der Waals surface area contributed by atoms with E-state index < -0.39 is 11.9 Å². The van der Waals surface area contributed by atoms with Crippen molar-refractivity contribution in [2.45, 2.75) is 0 Å². The SMILES string of the molecule is NC(N)=Nc1nc(-c2cc[nH]c2)cs1.O=C(O)/C=C\C(=O)O. The van der Waals surface area contributed by atoms with Gasteiger partial charge in [-0.1, -0.05) is 0 Å². The van der Waals surface area contributed by atoms with Gasteiger partial charge in [0.25, 0.3) is 0 Å². The molecule has 0 atom stereocenters. The highest BCUT2D eigenvalue weighted by Gasteiger charge is 2.03. The molecular weight excluding hydrogens is 310 g/mol. The van der Waals surface area contributed by atoms with Crippen LogP contribution in [-0.4, -0.2) is 38.1 Å². The van der Waals surface area contributed by atoms with Crippen LogP contribution in [0.5, 0.6) is 0 Å². The molecule has 0 bridgehead atoms. The molecule has 10 heteroatoms. The van der Waals surface area contributed by atoms with Crippen LogP contribution in [-0.2, 0) is 9.59 Å². The minimum absolute atomic E-state index is 0.0277. The monoisotopic (exact) mass is 323 g/mol. The molecule has 0 amide bonds. The fourth-order valence-corrected chi connectivity index (χ4v) is 1.90. The van der Waals surface area contributed by atoms with Gasteiger partial charge in [-0.3, -0.25) is 0 Å². The maximum atomic E-state index is 9.55. The molecule has 0 saturated heterocycles. The lowest BCUT2D eigenvalue weighted by molar-refractivity contribution is -0.134. The summed E-state index contributed by atoms with van der Waals surface area (Å²) in [5, 5.41) is 18.1. The van der Waals surface area contributed by atoms with Crippen LogP contribution in [0.3, 0.4) is 0 Å². The number of aromatic nitrogens is 2. The van der Waals surface area contributed by atoms with Crippen LogP contribution in [0.4, 0.5) is 5.13 Å². The Kier molecular flexibility index (Phi) is 6.32. The molecule has 0 fully saturated rings. The van der Waals surface area contributed by atoms with Crippen molar-refractivity contribution in [3.05, 3.63) is 36.0 Å². The molecular formula is C12H13N5O4S. The van der Waals surface area contributed by atoms with Crippen LogP contribution in [0.2, 0.25) is 0 Å². The maximum absolute atomic E-state index is 9.55. The van der Waals surface area contributed by atoms with Gasteiger partial charge in [-0.15, -0.1) is 11.3 Å².